The molecule has 3 N–H and O–H groups in total. The van der Waals surface area contributed by atoms with E-state index in [1.807, 2.05) is 6.92 Å². The van der Waals surface area contributed by atoms with Gasteiger partial charge in [-0.25, -0.2) is 0 Å². The average Bonchev–Trinajstić information content (AvgIpc) is 2.82. The summed E-state index contributed by atoms with van der Waals surface area (Å²) in [6.45, 7) is 1.86. The van der Waals surface area contributed by atoms with Gasteiger partial charge < -0.3 is 11.1 Å². The van der Waals surface area contributed by atoms with Crippen molar-refractivity contribution >= 4 is 57.3 Å². The van der Waals surface area contributed by atoms with Crippen LogP contribution in [0.2, 0.25) is 10.0 Å². The molecule has 1 heterocycles. The number of aromatic nitrogens is 2. The molecule has 1 aromatic carbocycles. The van der Waals surface area contributed by atoms with Crippen molar-refractivity contribution in [2.24, 2.45) is 0 Å². The highest BCUT2D eigenvalue weighted by Crippen LogP contribution is 2.27. The van der Waals surface area contributed by atoms with Crippen molar-refractivity contribution in [3.63, 3.8) is 0 Å². The second-order valence-electron chi connectivity index (χ2n) is 4.15. The zero-order chi connectivity index (χ0) is 15.4. The molecule has 0 aliphatic rings. The molecule has 9 heteroatoms. The predicted molar refractivity (Wildman–Crippen MR) is 88.1 cm³/mol. The van der Waals surface area contributed by atoms with E-state index in [0.29, 0.717) is 19.5 Å². The van der Waals surface area contributed by atoms with E-state index in [-0.39, 0.29) is 17.7 Å². The number of carbonyl (C=O) groups excluding carboxylic acids is 1. The number of thioether (sulfide) groups is 1. The number of halogens is 2. The van der Waals surface area contributed by atoms with E-state index in [1.54, 1.807) is 18.2 Å². The highest BCUT2D eigenvalue weighted by Gasteiger charge is 2.14. The van der Waals surface area contributed by atoms with Gasteiger partial charge in [0.25, 0.3) is 0 Å². The molecule has 0 radical (unpaired) electrons. The number of anilines is 1. The van der Waals surface area contributed by atoms with Crippen LogP contribution in [-0.4, -0.2) is 21.9 Å². The Morgan fingerprint density at radius 1 is 1.48 bits per heavy atom. The van der Waals surface area contributed by atoms with Crippen LogP contribution in [0.15, 0.2) is 22.5 Å². The van der Waals surface area contributed by atoms with Crippen molar-refractivity contribution in [1.82, 2.24) is 15.5 Å². The molecular formula is C12H12Cl2N4OS2. The number of hydrogen-bond acceptors (Lipinski definition) is 6. The summed E-state index contributed by atoms with van der Waals surface area (Å²) in [6.07, 6.45) is 0. The van der Waals surface area contributed by atoms with Crippen LogP contribution in [0.5, 0.6) is 0 Å². The van der Waals surface area contributed by atoms with Crippen molar-refractivity contribution in [2.45, 2.75) is 17.3 Å². The first-order valence-corrected chi connectivity index (χ1v) is 8.47. The highest BCUT2D eigenvalue weighted by atomic mass is 35.5. The Kier molecular flexibility index (Phi) is 5.69. The molecule has 0 unspecified atom stereocenters. The Bertz CT molecular complexity index is 650. The quantitative estimate of drug-likeness (QED) is 0.796. The molecule has 0 spiro atoms. The van der Waals surface area contributed by atoms with E-state index in [4.69, 9.17) is 28.9 Å². The minimum absolute atomic E-state index is 0.118. The molecule has 5 nitrogen and oxygen atoms in total. The summed E-state index contributed by atoms with van der Waals surface area (Å²) < 4.78 is 0.667. The smallest absolute Gasteiger partial charge is 0.230 e. The highest BCUT2D eigenvalue weighted by molar-refractivity contribution is 8.01. The first-order valence-electron chi connectivity index (χ1n) is 5.92. The van der Waals surface area contributed by atoms with E-state index in [0.717, 1.165) is 5.56 Å². The summed E-state index contributed by atoms with van der Waals surface area (Å²) in [5.41, 5.74) is 6.30. The van der Waals surface area contributed by atoms with Gasteiger partial charge in [0.05, 0.1) is 11.8 Å². The van der Waals surface area contributed by atoms with Crippen molar-refractivity contribution < 1.29 is 4.79 Å². The van der Waals surface area contributed by atoms with Gasteiger partial charge in [0.1, 0.15) is 0 Å². The molecule has 0 fully saturated rings. The second kappa shape index (κ2) is 7.31. The number of nitrogens with zero attached hydrogens (tertiary/aromatic N) is 2. The molecule has 0 saturated carbocycles. The third-order valence-electron chi connectivity index (χ3n) is 2.56. The average molecular weight is 363 g/mol. The standard InChI is InChI=1S/C12H12Cl2N4OS2/c1-6(8-3-2-7(13)4-9(8)14)16-10(19)5-20-12-18-17-11(15)21-12/h2-4,6H,5H2,1H3,(H2,15,17)(H,16,19)/t6-/m1/s1. The molecule has 0 bridgehead atoms. The van der Waals surface area contributed by atoms with E-state index in [9.17, 15) is 4.79 Å². The van der Waals surface area contributed by atoms with Gasteiger partial charge in [-0.3, -0.25) is 4.79 Å². The van der Waals surface area contributed by atoms with Crippen LogP contribution in [-0.2, 0) is 4.79 Å². The fourth-order valence-corrected chi connectivity index (χ4v) is 3.64. The molecule has 0 aliphatic heterocycles. The van der Waals surface area contributed by atoms with Gasteiger partial charge in [-0.2, -0.15) is 0 Å². The van der Waals surface area contributed by atoms with Crippen molar-refractivity contribution in [2.75, 3.05) is 11.5 Å². The van der Waals surface area contributed by atoms with Gasteiger partial charge in [-0.05, 0) is 24.6 Å². The maximum absolute atomic E-state index is 11.9. The van der Waals surface area contributed by atoms with Crippen molar-refractivity contribution in [3.05, 3.63) is 33.8 Å². The van der Waals surface area contributed by atoms with E-state index in [1.165, 1.54) is 23.1 Å². The zero-order valence-electron chi connectivity index (χ0n) is 11.0. The van der Waals surface area contributed by atoms with Gasteiger partial charge in [0.2, 0.25) is 11.0 Å². The first-order chi connectivity index (χ1) is 9.95. The lowest BCUT2D eigenvalue weighted by Crippen LogP contribution is -2.28. The van der Waals surface area contributed by atoms with Gasteiger partial charge in [-0.1, -0.05) is 52.4 Å². The molecule has 21 heavy (non-hydrogen) atoms. The Morgan fingerprint density at radius 2 is 2.24 bits per heavy atom. The Morgan fingerprint density at radius 3 is 2.86 bits per heavy atom. The van der Waals surface area contributed by atoms with Crippen LogP contribution >= 0.6 is 46.3 Å². The normalized spacial score (nSPS) is 12.1. The predicted octanol–water partition coefficient (Wildman–Crippen LogP) is 3.40. The zero-order valence-corrected chi connectivity index (χ0v) is 14.1. The summed E-state index contributed by atoms with van der Waals surface area (Å²) in [5.74, 6) is 0.122. The molecule has 2 aromatic rings. The summed E-state index contributed by atoms with van der Waals surface area (Å²) in [7, 11) is 0. The number of hydrogen-bond donors (Lipinski definition) is 2. The van der Waals surface area contributed by atoms with E-state index >= 15 is 0 Å². The van der Waals surface area contributed by atoms with Crippen LogP contribution in [0.3, 0.4) is 0 Å². The number of nitrogen functional groups attached to an aromatic ring is 1. The number of nitrogens with two attached hydrogens (primary N) is 1. The SMILES string of the molecule is C[C@@H](NC(=O)CSc1nnc(N)s1)c1ccc(Cl)cc1Cl. The van der Waals surface area contributed by atoms with E-state index in [2.05, 4.69) is 15.5 Å². The third kappa shape index (κ3) is 4.74. The fourth-order valence-electron chi connectivity index (χ4n) is 1.62. The van der Waals surface area contributed by atoms with Gasteiger partial charge in [0, 0.05) is 10.0 Å². The van der Waals surface area contributed by atoms with Crippen LogP contribution in [0.25, 0.3) is 0 Å². The Hall–Kier alpha value is -1.02. The molecule has 1 aromatic heterocycles. The van der Waals surface area contributed by atoms with Gasteiger partial charge in [0.15, 0.2) is 4.34 Å². The fraction of sp³-hybridized carbons (Fsp3) is 0.250. The number of carbonyl (C=O) groups is 1. The number of rotatable bonds is 5. The maximum Gasteiger partial charge on any atom is 0.230 e. The molecule has 0 saturated heterocycles. The molecular weight excluding hydrogens is 351 g/mol. The minimum Gasteiger partial charge on any atom is -0.374 e. The van der Waals surface area contributed by atoms with E-state index < -0.39 is 0 Å². The third-order valence-corrected chi connectivity index (χ3v) is 5.00. The largest absolute Gasteiger partial charge is 0.374 e. The summed E-state index contributed by atoms with van der Waals surface area (Å²) in [4.78, 5) is 11.9. The Labute approximate surface area is 140 Å². The van der Waals surface area contributed by atoms with Crippen molar-refractivity contribution in [1.29, 1.82) is 0 Å². The van der Waals surface area contributed by atoms with Crippen LogP contribution in [0.4, 0.5) is 5.13 Å². The molecule has 112 valence electrons. The second-order valence-corrected chi connectivity index (χ2v) is 7.23. The molecule has 1 amide bonds. The van der Waals surface area contributed by atoms with Gasteiger partial charge in [-0.15, -0.1) is 10.2 Å². The molecule has 0 aliphatic carbocycles. The minimum atomic E-state index is -0.206. The summed E-state index contributed by atoms with van der Waals surface area (Å²) in [5, 5.41) is 11.9. The first kappa shape index (κ1) is 16.4. The van der Waals surface area contributed by atoms with Crippen LogP contribution in [0, 0.1) is 0 Å². The monoisotopic (exact) mass is 362 g/mol. The van der Waals surface area contributed by atoms with Crippen LogP contribution in [0.1, 0.15) is 18.5 Å². The lowest BCUT2D eigenvalue weighted by Gasteiger charge is -2.15. The number of amides is 1. The Balaban J connectivity index is 1.89. The lowest BCUT2D eigenvalue weighted by molar-refractivity contribution is -0.119. The summed E-state index contributed by atoms with van der Waals surface area (Å²) >= 11 is 14.5. The number of nitrogens with one attached hydrogen (secondary N) is 1. The maximum atomic E-state index is 11.9. The number of benzene rings is 1. The molecule has 1 atom stereocenters. The molecule has 2 rings (SSSR count). The topological polar surface area (TPSA) is 80.9 Å². The van der Waals surface area contributed by atoms with Crippen molar-refractivity contribution in [3.8, 4) is 0 Å². The van der Waals surface area contributed by atoms with Gasteiger partial charge >= 0.3 is 0 Å². The lowest BCUT2D eigenvalue weighted by atomic mass is 10.1. The summed E-state index contributed by atoms with van der Waals surface area (Å²) in [6, 6.07) is 4.99. The van der Waals surface area contributed by atoms with Crippen LogP contribution < -0.4 is 11.1 Å².